The summed E-state index contributed by atoms with van der Waals surface area (Å²) in [6, 6.07) is 12.3. The number of sulfone groups is 1. The second kappa shape index (κ2) is 10.2. The highest BCUT2D eigenvalue weighted by Gasteiger charge is 2.16. The van der Waals surface area contributed by atoms with Gasteiger partial charge >= 0.3 is 5.97 Å². The van der Waals surface area contributed by atoms with E-state index in [4.69, 9.17) is 23.2 Å². The highest BCUT2D eigenvalue weighted by molar-refractivity contribution is 7.90. The molecule has 0 spiro atoms. The molecule has 1 heterocycles. The van der Waals surface area contributed by atoms with Crippen molar-refractivity contribution >= 4 is 56.7 Å². The lowest BCUT2D eigenvalue weighted by molar-refractivity contribution is -0.134. The second-order valence-corrected chi connectivity index (χ2v) is 9.73. The number of esters is 1. The molecule has 0 radical (unpaired) electrons. The van der Waals surface area contributed by atoms with Crippen LogP contribution in [0.4, 0.5) is 5.69 Å². The van der Waals surface area contributed by atoms with E-state index in [1.165, 1.54) is 31.4 Å². The van der Waals surface area contributed by atoms with E-state index in [-0.39, 0.29) is 15.5 Å². The van der Waals surface area contributed by atoms with Crippen LogP contribution in [0.5, 0.6) is 0 Å². The predicted molar refractivity (Wildman–Crippen MR) is 128 cm³/mol. The van der Waals surface area contributed by atoms with Gasteiger partial charge < -0.3 is 10.1 Å². The van der Waals surface area contributed by atoms with Gasteiger partial charge in [0.15, 0.2) is 9.84 Å². The van der Waals surface area contributed by atoms with E-state index in [0.717, 1.165) is 6.26 Å². The lowest BCUT2D eigenvalue weighted by Crippen LogP contribution is -2.13. The Labute approximate surface area is 200 Å². The molecule has 0 aliphatic heterocycles. The largest absolute Gasteiger partial charge is 0.466 e. The summed E-state index contributed by atoms with van der Waals surface area (Å²) >= 11 is 12.5. The molecule has 1 amide bonds. The Morgan fingerprint density at radius 1 is 1.03 bits per heavy atom. The number of halogens is 2. The number of hydrogen-bond donors (Lipinski definition) is 1. The molecule has 1 N–H and O–H groups in total. The molecule has 0 saturated carbocycles. The molecule has 1 aromatic heterocycles. The monoisotopic (exact) mass is 504 g/mol. The van der Waals surface area contributed by atoms with Gasteiger partial charge in [-0.1, -0.05) is 29.3 Å². The zero-order chi connectivity index (χ0) is 24.2. The molecule has 0 atom stereocenters. The van der Waals surface area contributed by atoms with Crippen molar-refractivity contribution in [1.29, 1.82) is 0 Å². The number of rotatable bonds is 6. The molecule has 0 bridgehead atoms. The lowest BCUT2D eigenvalue weighted by atomic mass is 10.1. The quantitative estimate of drug-likeness (QED) is 0.378. The molecular weight excluding hydrogens is 487 g/mol. The van der Waals surface area contributed by atoms with E-state index in [2.05, 4.69) is 15.0 Å². The summed E-state index contributed by atoms with van der Waals surface area (Å²) < 4.78 is 27.9. The Morgan fingerprint density at radius 2 is 1.79 bits per heavy atom. The first kappa shape index (κ1) is 24.4. The topological polar surface area (TPSA) is 102 Å². The van der Waals surface area contributed by atoms with Crippen LogP contribution >= 0.6 is 23.2 Å². The number of carbonyl (C=O) groups excluding carboxylic acids is 2. The third kappa shape index (κ3) is 6.19. The average molecular weight is 505 g/mol. The molecule has 0 aliphatic rings. The van der Waals surface area contributed by atoms with Crippen LogP contribution in [-0.2, 0) is 19.4 Å². The fourth-order valence-electron chi connectivity index (χ4n) is 2.80. The van der Waals surface area contributed by atoms with Crippen molar-refractivity contribution in [1.82, 2.24) is 4.98 Å². The fourth-order valence-corrected chi connectivity index (χ4v) is 4.00. The summed E-state index contributed by atoms with van der Waals surface area (Å²) in [4.78, 5) is 28.3. The Kier molecular flexibility index (Phi) is 7.53. The van der Waals surface area contributed by atoms with Crippen LogP contribution < -0.4 is 5.32 Å². The smallest absolute Gasteiger partial charge is 0.330 e. The summed E-state index contributed by atoms with van der Waals surface area (Å²) in [5.74, 6) is -0.985. The number of ether oxygens (including phenoxy) is 1. The van der Waals surface area contributed by atoms with Crippen LogP contribution in [0.2, 0.25) is 10.0 Å². The van der Waals surface area contributed by atoms with Crippen LogP contribution in [-0.4, -0.2) is 38.6 Å². The van der Waals surface area contributed by atoms with Gasteiger partial charge in [-0.15, -0.1) is 0 Å². The molecule has 170 valence electrons. The first-order chi connectivity index (χ1) is 15.6. The Bertz CT molecular complexity index is 1350. The predicted octanol–water partition coefficient (Wildman–Crippen LogP) is 4.90. The SMILES string of the molecule is COC(=O)/C=C/c1ccc(-c2cc(NC(=O)c3ccc(S(C)(=O)=O)cc3Cl)ccc2Cl)nc1. The average Bonchev–Trinajstić information content (AvgIpc) is 2.78. The molecule has 33 heavy (non-hydrogen) atoms. The highest BCUT2D eigenvalue weighted by atomic mass is 35.5. The minimum absolute atomic E-state index is 0.0156. The zero-order valence-electron chi connectivity index (χ0n) is 17.5. The Hall–Kier alpha value is -3.20. The van der Waals surface area contributed by atoms with E-state index in [9.17, 15) is 18.0 Å². The van der Waals surface area contributed by atoms with Gasteiger partial charge in [-0.25, -0.2) is 13.2 Å². The molecule has 0 aliphatic carbocycles. The molecule has 3 aromatic rings. The van der Waals surface area contributed by atoms with E-state index < -0.39 is 21.7 Å². The van der Waals surface area contributed by atoms with Crippen molar-refractivity contribution in [3.05, 3.63) is 82.0 Å². The van der Waals surface area contributed by atoms with Crippen LogP contribution in [0.1, 0.15) is 15.9 Å². The molecule has 0 unspecified atom stereocenters. The van der Waals surface area contributed by atoms with Crippen molar-refractivity contribution in [2.75, 3.05) is 18.7 Å². The number of carbonyl (C=O) groups is 2. The van der Waals surface area contributed by atoms with Crippen LogP contribution in [0.15, 0.2) is 65.7 Å². The van der Waals surface area contributed by atoms with Gasteiger partial charge in [-0.05, 0) is 54.1 Å². The minimum Gasteiger partial charge on any atom is -0.466 e. The molecular formula is C23H18Cl2N2O5S. The number of anilines is 1. The standard InChI is InChI=1S/C23H18Cl2N2O5S/c1-32-22(28)10-4-14-3-9-21(26-13-14)18-11-15(5-8-19(18)24)27-23(29)17-7-6-16(12-20(17)25)33(2,30)31/h3-13H,1-2H3,(H,27,29)/b10-4+. The first-order valence-corrected chi connectivity index (χ1v) is 12.1. The Morgan fingerprint density at radius 3 is 2.39 bits per heavy atom. The molecule has 10 heteroatoms. The number of benzene rings is 2. The van der Waals surface area contributed by atoms with E-state index in [0.29, 0.717) is 27.5 Å². The third-order valence-electron chi connectivity index (χ3n) is 4.51. The van der Waals surface area contributed by atoms with Crippen molar-refractivity contribution in [2.24, 2.45) is 0 Å². The molecule has 0 fully saturated rings. The molecule has 3 rings (SSSR count). The van der Waals surface area contributed by atoms with Crippen molar-refractivity contribution in [3.8, 4) is 11.3 Å². The van der Waals surface area contributed by atoms with Gasteiger partial charge in [0.2, 0.25) is 0 Å². The number of nitrogens with zero attached hydrogens (tertiary/aromatic N) is 1. The van der Waals surface area contributed by atoms with E-state index in [1.54, 1.807) is 42.6 Å². The summed E-state index contributed by atoms with van der Waals surface area (Å²) in [7, 11) is -2.15. The minimum atomic E-state index is -3.45. The number of pyridine rings is 1. The van der Waals surface area contributed by atoms with E-state index >= 15 is 0 Å². The normalized spacial score (nSPS) is 11.4. The van der Waals surface area contributed by atoms with Gasteiger partial charge in [0.25, 0.3) is 5.91 Å². The van der Waals surface area contributed by atoms with Gasteiger partial charge in [-0.2, -0.15) is 0 Å². The highest BCUT2D eigenvalue weighted by Crippen LogP contribution is 2.30. The Balaban J connectivity index is 1.83. The van der Waals surface area contributed by atoms with Gasteiger partial charge in [0.1, 0.15) is 0 Å². The van der Waals surface area contributed by atoms with Crippen molar-refractivity contribution in [2.45, 2.75) is 4.90 Å². The second-order valence-electron chi connectivity index (χ2n) is 6.90. The number of aromatic nitrogens is 1. The fraction of sp³-hybridized carbons (Fsp3) is 0.0870. The maximum absolute atomic E-state index is 12.7. The van der Waals surface area contributed by atoms with Crippen molar-refractivity contribution in [3.63, 3.8) is 0 Å². The molecule has 2 aromatic carbocycles. The van der Waals surface area contributed by atoms with Gasteiger partial charge in [0.05, 0.1) is 33.3 Å². The zero-order valence-corrected chi connectivity index (χ0v) is 19.8. The lowest BCUT2D eigenvalue weighted by Gasteiger charge is -2.11. The number of hydrogen-bond acceptors (Lipinski definition) is 6. The maximum atomic E-state index is 12.7. The summed E-state index contributed by atoms with van der Waals surface area (Å²) in [5, 5.41) is 3.16. The summed E-state index contributed by atoms with van der Waals surface area (Å²) in [5.41, 5.74) is 2.40. The number of amides is 1. The molecule has 0 saturated heterocycles. The molecule has 7 nitrogen and oxygen atoms in total. The van der Waals surface area contributed by atoms with Crippen LogP contribution in [0, 0.1) is 0 Å². The van der Waals surface area contributed by atoms with Crippen LogP contribution in [0.3, 0.4) is 0 Å². The van der Waals surface area contributed by atoms with E-state index in [1.807, 2.05) is 0 Å². The summed E-state index contributed by atoms with van der Waals surface area (Å²) in [6.07, 6.45) is 5.48. The number of methoxy groups -OCH3 is 1. The van der Waals surface area contributed by atoms with Gasteiger partial charge in [-0.3, -0.25) is 9.78 Å². The van der Waals surface area contributed by atoms with Gasteiger partial charge in [0, 0.05) is 29.8 Å². The summed E-state index contributed by atoms with van der Waals surface area (Å²) in [6.45, 7) is 0. The third-order valence-corrected chi connectivity index (χ3v) is 6.27. The van der Waals surface area contributed by atoms with Crippen LogP contribution in [0.25, 0.3) is 17.3 Å². The number of nitrogens with one attached hydrogen (secondary N) is 1. The first-order valence-electron chi connectivity index (χ1n) is 9.41. The maximum Gasteiger partial charge on any atom is 0.330 e. The van der Waals surface area contributed by atoms with Crippen molar-refractivity contribution < 1.29 is 22.7 Å².